The Hall–Kier alpha value is -1.87. The molecule has 0 bridgehead atoms. The van der Waals surface area contributed by atoms with E-state index in [0.717, 1.165) is 32.0 Å². The highest BCUT2D eigenvalue weighted by atomic mass is 127. The number of halogens is 1. The number of benzene rings is 1. The van der Waals surface area contributed by atoms with Crippen molar-refractivity contribution < 1.29 is 0 Å². The fourth-order valence-corrected chi connectivity index (χ4v) is 3.29. The van der Waals surface area contributed by atoms with E-state index in [2.05, 4.69) is 62.5 Å². The van der Waals surface area contributed by atoms with Crippen LogP contribution in [0.25, 0.3) is 0 Å². The van der Waals surface area contributed by atoms with Gasteiger partial charge in [0.1, 0.15) is 0 Å². The standard InChI is InChI=1S/C19H23N5S.HI/c1-20-19(21-10-8-18-7-3-12-25-18)22-14-16-5-2-6-17(13-16)15-24-11-4-9-23-24;/h2-7,9,11-13H,8,10,14-15H2,1H3,(H2,20,21,22);1H. The lowest BCUT2D eigenvalue weighted by atomic mass is 10.1. The zero-order valence-corrected chi connectivity index (χ0v) is 17.9. The molecule has 3 rings (SSSR count). The molecule has 0 saturated carbocycles. The molecule has 26 heavy (non-hydrogen) atoms. The lowest BCUT2D eigenvalue weighted by Gasteiger charge is -2.12. The van der Waals surface area contributed by atoms with E-state index < -0.39 is 0 Å². The maximum Gasteiger partial charge on any atom is 0.191 e. The molecule has 1 aromatic carbocycles. The van der Waals surface area contributed by atoms with E-state index in [1.807, 2.05) is 16.9 Å². The number of aliphatic imine (C=N–C) groups is 1. The Kier molecular flexibility index (Phi) is 8.63. The normalized spacial score (nSPS) is 11.0. The molecule has 2 heterocycles. The molecule has 2 aromatic heterocycles. The minimum absolute atomic E-state index is 0. The zero-order chi connectivity index (χ0) is 17.3. The molecule has 0 aliphatic carbocycles. The summed E-state index contributed by atoms with van der Waals surface area (Å²) < 4.78 is 1.93. The van der Waals surface area contributed by atoms with Crippen LogP contribution in [-0.2, 0) is 19.5 Å². The third-order valence-corrected chi connectivity index (χ3v) is 4.76. The fraction of sp³-hybridized carbons (Fsp3) is 0.263. The summed E-state index contributed by atoms with van der Waals surface area (Å²) in [5, 5.41) is 13.1. The third-order valence-electron chi connectivity index (χ3n) is 3.82. The second-order valence-electron chi connectivity index (χ2n) is 5.71. The van der Waals surface area contributed by atoms with Gasteiger partial charge in [0, 0.05) is 37.4 Å². The van der Waals surface area contributed by atoms with Crippen LogP contribution in [0.15, 0.2) is 65.2 Å². The molecule has 138 valence electrons. The minimum Gasteiger partial charge on any atom is -0.356 e. The van der Waals surface area contributed by atoms with Gasteiger partial charge in [-0.2, -0.15) is 5.10 Å². The Morgan fingerprint density at radius 3 is 2.77 bits per heavy atom. The van der Waals surface area contributed by atoms with Gasteiger partial charge in [0.15, 0.2) is 5.96 Å². The fourth-order valence-electron chi connectivity index (χ4n) is 2.58. The molecule has 0 radical (unpaired) electrons. The van der Waals surface area contributed by atoms with Crippen LogP contribution in [0.3, 0.4) is 0 Å². The topological polar surface area (TPSA) is 54.2 Å². The molecule has 0 unspecified atom stereocenters. The first-order valence-corrected chi connectivity index (χ1v) is 9.23. The highest BCUT2D eigenvalue weighted by molar-refractivity contribution is 14.0. The molecule has 0 spiro atoms. The van der Waals surface area contributed by atoms with Gasteiger partial charge in [-0.05, 0) is 35.1 Å². The highest BCUT2D eigenvalue weighted by Crippen LogP contribution is 2.08. The summed E-state index contributed by atoms with van der Waals surface area (Å²) in [4.78, 5) is 5.67. The Morgan fingerprint density at radius 2 is 2.04 bits per heavy atom. The second kappa shape index (κ2) is 11.0. The lowest BCUT2D eigenvalue weighted by molar-refractivity contribution is 0.685. The van der Waals surface area contributed by atoms with Crippen molar-refractivity contribution in [3.05, 3.63) is 76.2 Å². The first-order valence-electron chi connectivity index (χ1n) is 8.35. The largest absolute Gasteiger partial charge is 0.356 e. The number of guanidine groups is 1. The summed E-state index contributed by atoms with van der Waals surface area (Å²) in [5.74, 6) is 0.828. The van der Waals surface area contributed by atoms with Gasteiger partial charge in [-0.15, -0.1) is 35.3 Å². The molecule has 2 N–H and O–H groups in total. The quantitative estimate of drug-likeness (QED) is 0.309. The van der Waals surface area contributed by atoms with Gasteiger partial charge < -0.3 is 10.6 Å². The Morgan fingerprint density at radius 1 is 1.15 bits per heavy atom. The molecule has 0 aliphatic heterocycles. The molecule has 0 amide bonds. The number of hydrogen-bond donors (Lipinski definition) is 2. The van der Waals surface area contributed by atoms with Gasteiger partial charge in [0.2, 0.25) is 0 Å². The average Bonchev–Trinajstić information content (AvgIpc) is 3.32. The summed E-state index contributed by atoms with van der Waals surface area (Å²) in [7, 11) is 1.80. The number of hydrogen-bond acceptors (Lipinski definition) is 3. The summed E-state index contributed by atoms with van der Waals surface area (Å²) >= 11 is 1.79. The third kappa shape index (κ3) is 6.45. The Balaban J connectivity index is 0.00000243. The predicted molar refractivity (Wildman–Crippen MR) is 119 cm³/mol. The van der Waals surface area contributed by atoms with Crippen LogP contribution in [-0.4, -0.2) is 29.3 Å². The monoisotopic (exact) mass is 481 g/mol. The van der Waals surface area contributed by atoms with E-state index in [-0.39, 0.29) is 24.0 Å². The van der Waals surface area contributed by atoms with Crippen LogP contribution >= 0.6 is 35.3 Å². The summed E-state index contributed by atoms with van der Waals surface area (Å²) in [6, 6.07) is 14.7. The lowest BCUT2D eigenvalue weighted by Crippen LogP contribution is -2.37. The Bertz CT molecular complexity index is 784. The number of nitrogens with one attached hydrogen (secondary N) is 2. The zero-order valence-electron chi connectivity index (χ0n) is 14.8. The van der Waals surface area contributed by atoms with E-state index in [9.17, 15) is 0 Å². The van der Waals surface area contributed by atoms with Crippen molar-refractivity contribution in [1.82, 2.24) is 20.4 Å². The number of thiophene rings is 1. The van der Waals surface area contributed by atoms with Gasteiger partial charge >= 0.3 is 0 Å². The van der Waals surface area contributed by atoms with Crippen LogP contribution in [0.5, 0.6) is 0 Å². The number of aromatic nitrogens is 2. The van der Waals surface area contributed by atoms with E-state index in [1.54, 1.807) is 24.6 Å². The van der Waals surface area contributed by atoms with Gasteiger partial charge in [-0.3, -0.25) is 9.67 Å². The maximum absolute atomic E-state index is 4.29. The molecule has 5 nitrogen and oxygen atoms in total. The van der Waals surface area contributed by atoms with Gasteiger partial charge in [0.05, 0.1) is 6.54 Å². The first-order chi connectivity index (χ1) is 12.3. The molecule has 0 fully saturated rings. The molecule has 0 saturated heterocycles. The van der Waals surface area contributed by atoms with E-state index in [1.165, 1.54) is 16.0 Å². The minimum atomic E-state index is 0. The summed E-state index contributed by atoms with van der Waals surface area (Å²) in [6.07, 6.45) is 4.79. The van der Waals surface area contributed by atoms with Crippen LogP contribution in [0.4, 0.5) is 0 Å². The molecule has 0 atom stereocenters. The Labute approximate surface area is 175 Å². The van der Waals surface area contributed by atoms with Gasteiger partial charge in [0.25, 0.3) is 0 Å². The molecule has 3 aromatic rings. The molecular weight excluding hydrogens is 457 g/mol. The van der Waals surface area contributed by atoms with Crippen molar-refractivity contribution in [2.45, 2.75) is 19.5 Å². The molecular formula is C19H24IN5S. The van der Waals surface area contributed by atoms with Crippen molar-refractivity contribution in [3.8, 4) is 0 Å². The van der Waals surface area contributed by atoms with E-state index in [4.69, 9.17) is 0 Å². The summed E-state index contributed by atoms with van der Waals surface area (Å²) in [6.45, 7) is 2.40. The second-order valence-corrected chi connectivity index (χ2v) is 6.74. The van der Waals surface area contributed by atoms with E-state index >= 15 is 0 Å². The molecule has 7 heteroatoms. The van der Waals surface area contributed by atoms with Crippen molar-refractivity contribution in [1.29, 1.82) is 0 Å². The van der Waals surface area contributed by atoms with Crippen molar-refractivity contribution in [2.24, 2.45) is 4.99 Å². The smallest absolute Gasteiger partial charge is 0.191 e. The maximum atomic E-state index is 4.29. The van der Waals surface area contributed by atoms with Crippen LogP contribution in [0, 0.1) is 0 Å². The average molecular weight is 481 g/mol. The molecule has 0 aliphatic rings. The van der Waals surface area contributed by atoms with Crippen molar-refractivity contribution in [3.63, 3.8) is 0 Å². The predicted octanol–water partition coefficient (Wildman–Crippen LogP) is 3.52. The van der Waals surface area contributed by atoms with Crippen LogP contribution in [0.2, 0.25) is 0 Å². The summed E-state index contributed by atoms with van der Waals surface area (Å²) in [5.41, 5.74) is 2.47. The highest BCUT2D eigenvalue weighted by Gasteiger charge is 2.01. The SMILES string of the molecule is CN=C(NCCc1cccs1)NCc1cccc(Cn2cccn2)c1.I. The van der Waals surface area contributed by atoms with E-state index in [0.29, 0.717) is 0 Å². The van der Waals surface area contributed by atoms with Gasteiger partial charge in [-0.1, -0.05) is 30.3 Å². The van der Waals surface area contributed by atoms with Crippen molar-refractivity contribution in [2.75, 3.05) is 13.6 Å². The van der Waals surface area contributed by atoms with Crippen molar-refractivity contribution >= 4 is 41.3 Å². The van der Waals surface area contributed by atoms with Crippen LogP contribution < -0.4 is 10.6 Å². The van der Waals surface area contributed by atoms with Crippen LogP contribution in [0.1, 0.15) is 16.0 Å². The number of nitrogens with zero attached hydrogens (tertiary/aromatic N) is 3. The number of rotatable bonds is 7. The first kappa shape index (κ1) is 20.4. The van der Waals surface area contributed by atoms with Gasteiger partial charge in [-0.25, -0.2) is 0 Å².